The van der Waals surface area contributed by atoms with Crippen LogP contribution in [0, 0.1) is 0 Å². The van der Waals surface area contributed by atoms with E-state index in [0.717, 1.165) is 5.56 Å². The summed E-state index contributed by atoms with van der Waals surface area (Å²) < 4.78 is 10.3. The first-order valence-corrected chi connectivity index (χ1v) is 9.76. The van der Waals surface area contributed by atoms with Crippen LogP contribution < -0.4 is 15.4 Å². The van der Waals surface area contributed by atoms with Gasteiger partial charge in [0.2, 0.25) is 6.41 Å². The van der Waals surface area contributed by atoms with Crippen molar-refractivity contribution in [2.24, 2.45) is 0 Å². The Bertz CT molecular complexity index is 831. The fraction of sp³-hybridized carbons (Fsp3) is 0.364. The standard InChI is InChI=1S/C22H28N2O6.BrH/c1-3-29-21(27)13-30-20-9-4-16(12-19(20)24-14-25)10-11-23-15(2)22(28)17-5-7-18(26)8-6-17;/h4-9,12,14-15,22-23,26,28H,3,10-11,13H2,1-2H3,(H,24,25);1H/t15-,22+;/m0./s1. The van der Waals surface area contributed by atoms with E-state index in [1.165, 1.54) is 0 Å². The van der Waals surface area contributed by atoms with Crippen molar-refractivity contribution in [3.63, 3.8) is 0 Å². The van der Waals surface area contributed by atoms with Crippen molar-refractivity contribution in [3.05, 3.63) is 53.6 Å². The monoisotopic (exact) mass is 496 g/mol. The first-order valence-electron chi connectivity index (χ1n) is 9.76. The summed E-state index contributed by atoms with van der Waals surface area (Å²) in [4.78, 5) is 22.4. The molecule has 0 bridgehead atoms. The molecule has 0 aliphatic heterocycles. The molecule has 0 spiro atoms. The quantitative estimate of drug-likeness (QED) is 0.263. The van der Waals surface area contributed by atoms with Crippen molar-refractivity contribution in [3.8, 4) is 11.5 Å². The molecule has 2 atom stereocenters. The molecule has 170 valence electrons. The Balaban J connectivity index is 0.00000480. The molecule has 0 aliphatic rings. The number of hydrogen-bond acceptors (Lipinski definition) is 7. The Morgan fingerprint density at radius 2 is 1.90 bits per heavy atom. The number of carbonyl (C=O) groups excluding carboxylic acids is 2. The minimum atomic E-state index is -0.712. The van der Waals surface area contributed by atoms with E-state index in [2.05, 4.69) is 10.6 Å². The number of aromatic hydroxyl groups is 1. The zero-order valence-electron chi connectivity index (χ0n) is 17.5. The minimum absolute atomic E-state index is 0. The Hall–Kier alpha value is -2.62. The highest BCUT2D eigenvalue weighted by molar-refractivity contribution is 8.93. The summed E-state index contributed by atoms with van der Waals surface area (Å²) in [7, 11) is 0. The molecule has 0 unspecified atom stereocenters. The largest absolute Gasteiger partial charge is 0.508 e. The molecule has 2 aromatic rings. The summed E-state index contributed by atoms with van der Waals surface area (Å²) in [6.45, 7) is 4.22. The van der Waals surface area contributed by atoms with Crippen LogP contribution in [0.2, 0.25) is 0 Å². The van der Waals surface area contributed by atoms with Crippen LogP contribution in [-0.4, -0.2) is 48.4 Å². The molecule has 31 heavy (non-hydrogen) atoms. The van der Waals surface area contributed by atoms with E-state index in [1.54, 1.807) is 43.3 Å². The van der Waals surface area contributed by atoms with E-state index in [9.17, 15) is 19.8 Å². The summed E-state index contributed by atoms with van der Waals surface area (Å²) in [5, 5.41) is 25.6. The van der Waals surface area contributed by atoms with Gasteiger partial charge in [-0.2, -0.15) is 0 Å². The Morgan fingerprint density at radius 1 is 1.19 bits per heavy atom. The van der Waals surface area contributed by atoms with Crippen LogP contribution in [0.4, 0.5) is 5.69 Å². The number of benzene rings is 2. The fourth-order valence-corrected chi connectivity index (χ4v) is 2.89. The van der Waals surface area contributed by atoms with E-state index < -0.39 is 12.1 Å². The number of esters is 1. The van der Waals surface area contributed by atoms with E-state index in [0.29, 0.717) is 36.4 Å². The van der Waals surface area contributed by atoms with Gasteiger partial charge in [-0.15, -0.1) is 17.0 Å². The number of hydrogen-bond donors (Lipinski definition) is 4. The third-order valence-electron chi connectivity index (χ3n) is 4.50. The lowest BCUT2D eigenvalue weighted by molar-refractivity contribution is -0.145. The molecular weight excluding hydrogens is 468 g/mol. The molecule has 2 rings (SSSR count). The van der Waals surface area contributed by atoms with Gasteiger partial charge in [-0.05, 0) is 62.2 Å². The third kappa shape index (κ3) is 8.56. The molecule has 0 fully saturated rings. The van der Waals surface area contributed by atoms with Gasteiger partial charge >= 0.3 is 5.97 Å². The first-order chi connectivity index (χ1) is 14.4. The number of aliphatic hydroxyl groups excluding tert-OH is 1. The summed E-state index contributed by atoms with van der Waals surface area (Å²) in [5.74, 6) is 0.0490. The van der Waals surface area contributed by atoms with Gasteiger partial charge in [-0.3, -0.25) is 4.79 Å². The number of aliphatic hydroxyl groups is 1. The van der Waals surface area contributed by atoms with Gasteiger partial charge in [0.15, 0.2) is 6.61 Å². The van der Waals surface area contributed by atoms with Gasteiger partial charge in [-0.25, -0.2) is 4.79 Å². The maximum Gasteiger partial charge on any atom is 0.344 e. The van der Waals surface area contributed by atoms with Gasteiger partial charge in [0, 0.05) is 6.04 Å². The third-order valence-corrected chi connectivity index (χ3v) is 4.50. The van der Waals surface area contributed by atoms with Gasteiger partial charge in [0.25, 0.3) is 0 Å². The Labute approximate surface area is 192 Å². The van der Waals surface area contributed by atoms with Crippen molar-refractivity contribution in [2.45, 2.75) is 32.4 Å². The van der Waals surface area contributed by atoms with Crippen LogP contribution in [-0.2, 0) is 20.7 Å². The van der Waals surface area contributed by atoms with Crippen molar-refractivity contribution in [1.29, 1.82) is 0 Å². The molecule has 0 aliphatic carbocycles. The fourth-order valence-electron chi connectivity index (χ4n) is 2.89. The van der Waals surface area contributed by atoms with Crippen molar-refractivity contribution in [1.82, 2.24) is 5.32 Å². The number of nitrogens with one attached hydrogen (secondary N) is 2. The summed E-state index contributed by atoms with van der Waals surface area (Å²) in [6, 6.07) is 11.6. The molecular formula is C22H29BrN2O6. The predicted octanol–water partition coefficient (Wildman–Crippen LogP) is 2.73. The summed E-state index contributed by atoms with van der Waals surface area (Å²) >= 11 is 0. The Kier molecular flexibility index (Phi) is 11.6. The summed E-state index contributed by atoms with van der Waals surface area (Å²) in [5.41, 5.74) is 2.12. The van der Waals surface area contributed by atoms with E-state index in [1.807, 2.05) is 13.0 Å². The molecule has 0 saturated heterocycles. The topological polar surface area (TPSA) is 117 Å². The van der Waals surface area contributed by atoms with Crippen LogP contribution in [0.1, 0.15) is 31.1 Å². The van der Waals surface area contributed by atoms with Gasteiger partial charge in [0.1, 0.15) is 11.5 Å². The van der Waals surface area contributed by atoms with Crippen LogP contribution in [0.15, 0.2) is 42.5 Å². The predicted molar refractivity (Wildman–Crippen MR) is 123 cm³/mol. The second-order valence-electron chi connectivity index (χ2n) is 6.72. The molecule has 0 saturated carbocycles. The highest BCUT2D eigenvalue weighted by Gasteiger charge is 2.16. The molecule has 0 radical (unpaired) electrons. The minimum Gasteiger partial charge on any atom is -0.508 e. The van der Waals surface area contributed by atoms with Gasteiger partial charge in [0.05, 0.1) is 18.4 Å². The highest BCUT2D eigenvalue weighted by atomic mass is 79.9. The SMILES string of the molecule is Br.CCOC(=O)COc1ccc(CCN[C@@H](C)[C@@H](O)c2ccc(O)cc2)cc1NC=O. The van der Waals surface area contributed by atoms with Gasteiger partial charge in [-0.1, -0.05) is 18.2 Å². The molecule has 8 nitrogen and oxygen atoms in total. The second-order valence-corrected chi connectivity index (χ2v) is 6.72. The zero-order chi connectivity index (χ0) is 21.9. The molecule has 0 heterocycles. The molecule has 1 amide bonds. The van der Waals surface area contributed by atoms with Crippen LogP contribution in [0.5, 0.6) is 11.5 Å². The smallest absolute Gasteiger partial charge is 0.344 e. The molecule has 0 aromatic heterocycles. The normalized spacial score (nSPS) is 12.2. The lowest BCUT2D eigenvalue weighted by Gasteiger charge is -2.21. The van der Waals surface area contributed by atoms with Crippen LogP contribution in [0.25, 0.3) is 0 Å². The average molecular weight is 497 g/mol. The van der Waals surface area contributed by atoms with E-state index >= 15 is 0 Å². The lowest BCUT2D eigenvalue weighted by atomic mass is 10.0. The van der Waals surface area contributed by atoms with Crippen LogP contribution >= 0.6 is 17.0 Å². The van der Waals surface area contributed by atoms with Crippen molar-refractivity contribution < 1.29 is 29.3 Å². The maximum atomic E-state index is 11.5. The maximum absolute atomic E-state index is 11.5. The van der Waals surface area contributed by atoms with E-state index in [4.69, 9.17) is 9.47 Å². The number of amides is 1. The lowest BCUT2D eigenvalue weighted by Crippen LogP contribution is -2.33. The Morgan fingerprint density at radius 3 is 2.55 bits per heavy atom. The second kappa shape index (κ2) is 13.6. The zero-order valence-corrected chi connectivity index (χ0v) is 19.3. The molecule has 2 aromatic carbocycles. The molecule has 4 N–H and O–H groups in total. The first kappa shape index (κ1) is 26.4. The van der Waals surface area contributed by atoms with Crippen molar-refractivity contribution >= 4 is 35.0 Å². The van der Waals surface area contributed by atoms with E-state index in [-0.39, 0.29) is 42.0 Å². The number of anilines is 1. The van der Waals surface area contributed by atoms with Gasteiger partial charge < -0.3 is 30.3 Å². The highest BCUT2D eigenvalue weighted by Crippen LogP contribution is 2.26. The van der Waals surface area contributed by atoms with Crippen molar-refractivity contribution in [2.75, 3.05) is 25.1 Å². The number of ether oxygens (including phenoxy) is 2. The number of rotatable bonds is 12. The molecule has 9 heteroatoms. The number of phenols is 1. The number of halogens is 1. The summed E-state index contributed by atoms with van der Waals surface area (Å²) in [6.07, 6.45) is 0.486. The average Bonchev–Trinajstić information content (AvgIpc) is 2.73. The number of phenolic OH excluding ortho intramolecular Hbond substituents is 1. The number of carbonyl (C=O) groups is 2. The van der Waals surface area contributed by atoms with Crippen LogP contribution in [0.3, 0.4) is 0 Å².